The fourth-order valence-corrected chi connectivity index (χ4v) is 1.38. The predicted octanol–water partition coefficient (Wildman–Crippen LogP) is 1.84. The molecule has 4 heteroatoms. The third-order valence-corrected chi connectivity index (χ3v) is 2.08. The number of carbonyl (C=O) groups excluding carboxylic acids is 1. The van der Waals surface area contributed by atoms with Crippen molar-refractivity contribution in [2.75, 3.05) is 6.67 Å². The summed E-state index contributed by atoms with van der Waals surface area (Å²) >= 11 is 1.45. The zero-order chi connectivity index (χ0) is 8.97. The molecular weight excluding hydrogens is 177 g/mol. The van der Waals surface area contributed by atoms with Crippen molar-refractivity contribution in [3.05, 3.63) is 22.4 Å². The lowest BCUT2D eigenvalue weighted by Crippen LogP contribution is -2.33. The van der Waals surface area contributed by atoms with Gasteiger partial charge in [-0.2, -0.15) is 11.3 Å². The van der Waals surface area contributed by atoms with Crippen molar-refractivity contribution in [2.24, 2.45) is 0 Å². The van der Waals surface area contributed by atoms with Gasteiger partial charge in [0, 0.05) is 10.9 Å². The Kier molecular flexibility index (Phi) is 3.22. The largest absolute Gasteiger partial charge is 0.347 e. The van der Waals surface area contributed by atoms with Crippen molar-refractivity contribution in [3.63, 3.8) is 0 Å². The second-order valence-corrected chi connectivity index (χ2v) is 3.32. The molecule has 1 amide bonds. The number of thiophene rings is 1. The van der Waals surface area contributed by atoms with Crippen LogP contribution in [0.5, 0.6) is 0 Å². The molecule has 0 bridgehead atoms. The molecule has 1 aromatic rings. The molecule has 1 aromatic heterocycles. The van der Waals surface area contributed by atoms with Crippen LogP contribution in [0.1, 0.15) is 17.3 Å². The average molecular weight is 187 g/mol. The highest BCUT2D eigenvalue weighted by molar-refractivity contribution is 7.08. The molecule has 2 nitrogen and oxygen atoms in total. The zero-order valence-electron chi connectivity index (χ0n) is 6.71. The van der Waals surface area contributed by atoms with Crippen molar-refractivity contribution < 1.29 is 9.18 Å². The Bertz CT molecular complexity index is 248. The number of rotatable bonds is 3. The van der Waals surface area contributed by atoms with Gasteiger partial charge >= 0.3 is 0 Å². The number of hydrogen-bond acceptors (Lipinski definition) is 2. The van der Waals surface area contributed by atoms with Crippen LogP contribution in [-0.2, 0) is 0 Å². The zero-order valence-corrected chi connectivity index (χ0v) is 7.53. The highest BCUT2D eigenvalue weighted by atomic mass is 32.1. The number of carbonyl (C=O) groups is 1. The Labute approximate surface area is 74.4 Å². The van der Waals surface area contributed by atoms with Crippen molar-refractivity contribution in [1.29, 1.82) is 0 Å². The van der Waals surface area contributed by atoms with Crippen molar-refractivity contribution >= 4 is 17.2 Å². The number of nitrogens with one attached hydrogen (secondary N) is 1. The van der Waals surface area contributed by atoms with Crippen molar-refractivity contribution in [2.45, 2.75) is 13.0 Å². The molecule has 0 aromatic carbocycles. The fraction of sp³-hybridized carbons (Fsp3) is 0.375. The first-order valence-corrected chi connectivity index (χ1v) is 4.57. The number of amides is 1. The number of halogens is 1. The first kappa shape index (κ1) is 9.19. The number of hydrogen-bond donors (Lipinski definition) is 1. The maximum Gasteiger partial charge on any atom is 0.252 e. The van der Waals surface area contributed by atoms with E-state index in [2.05, 4.69) is 5.32 Å². The summed E-state index contributed by atoms with van der Waals surface area (Å²) in [6.45, 7) is 1.10. The Morgan fingerprint density at radius 2 is 2.58 bits per heavy atom. The summed E-state index contributed by atoms with van der Waals surface area (Å²) in [6, 6.07) is 1.31. The van der Waals surface area contributed by atoms with Gasteiger partial charge in [-0.05, 0) is 18.4 Å². The smallest absolute Gasteiger partial charge is 0.252 e. The molecule has 0 saturated heterocycles. The normalized spacial score (nSPS) is 12.5. The Hall–Kier alpha value is -0.900. The minimum Gasteiger partial charge on any atom is -0.347 e. The van der Waals surface area contributed by atoms with Crippen LogP contribution in [-0.4, -0.2) is 18.6 Å². The first-order valence-electron chi connectivity index (χ1n) is 3.63. The van der Waals surface area contributed by atoms with Crippen LogP contribution in [0.25, 0.3) is 0 Å². The Morgan fingerprint density at radius 3 is 3.08 bits per heavy atom. The summed E-state index contributed by atoms with van der Waals surface area (Å²) in [5.41, 5.74) is 0.598. The molecule has 1 atom stereocenters. The molecule has 1 rings (SSSR count). The molecule has 0 radical (unpaired) electrons. The van der Waals surface area contributed by atoms with Gasteiger partial charge in [0.15, 0.2) is 0 Å². The van der Waals surface area contributed by atoms with Crippen molar-refractivity contribution in [1.82, 2.24) is 5.32 Å². The van der Waals surface area contributed by atoms with Gasteiger partial charge in [0.1, 0.15) is 6.67 Å². The van der Waals surface area contributed by atoms with Gasteiger partial charge in [0.2, 0.25) is 0 Å². The van der Waals surface area contributed by atoms with Crippen LogP contribution in [0.15, 0.2) is 16.8 Å². The topological polar surface area (TPSA) is 29.1 Å². The molecule has 1 N–H and O–H groups in total. The average Bonchev–Trinajstić information content (AvgIpc) is 2.56. The third kappa shape index (κ3) is 2.30. The Morgan fingerprint density at radius 1 is 1.83 bits per heavy atom. The second-order valence-electron chi connectivity index (χ2n) is 2.54. The SMILES string of the molecule is CC(CF)NC(=O)c1ccsc1. The van der Waals surface area contributed by atoms with Crippen LogP contribution < -0.4 is 5.32 Å². The molecule has 12 heavy (non-hydrogen) atoms. The molecule has 0 aliphatic rings. The molecule has 0 aliphatic heterocycles. The van der Waals surface area contributed by atoms with Gasteiger partial charge < -0.3 is 5.32 Å². The molecule has 0 aliphatic carbocycles. The van der Waals surface area contributed by atoms with E-state index in [-0.39, 0.29) is 5.91 Å². The van der Waals surface area contributed by atoms with Gasteiger partial charge in [-0.3, -0.25) is 4.79 Å². The van der Waals surface area contributed by atoms with Gasteiger partial charge in [-0.15, -0.1) is 0 Å². The van der Waals surface area contributed by atoms with E-state index >= 15 is 0 Å². The maximum absolute atomic E-state index is 12.0. The minimum absolute atomic E-state index is 0.207. The second kappa shape index (κ2) is 4.21. The van der Waals surface area contributed by atoms with E-state index in [0.29, 0.717) is 5.56 Å². The monoisotopic (exact) mass is 187 g/mol. The molecule has 66 valence electrons. The first-order chi connectivity index (χ1) is 5.74. The van der Waals surface area contributed by atoms with Crippen LogP contribution in [0.3, 0.4) is 0 Å². The molecule has 0 fully saturated rings. The van der Waals surface area contributed by atoms with E-state index < -0.39 is 12.7 Å². The summed E-state index contributed by atoms with van der Waals surface area (Å²) in [5, 5.41) is 6.08. The van der Waals surface area contributed by atoms with E-state index in [9.17, 15) is 9.18 Å². The lowest BCUT2D eigenvalue weighted by molar-refractivity contribution is 0.0934. The van der Waals surface area contributed by atoms with Crippen LogP contribution in [0.2, 0.25) is 0 Å². The van der Waals surface area contributed by atoms with E-state index in [0.717, 1.165) is 0 Å². The van der Waals surface area contributed by atoms with E-state index in [1.54, 1.807) is 18.4 Å². The summed E-state index contributed by atoms with van der Waals surface area (Å²) < 4.78 is 12.0. The van der Waals surface area contributed by atoms with E-state index in [1.807, 2.05) is 5.38 Å². The number of alkyl halides is 1. The van der Waals surface area contributed by atoms with E-state index in [1.165, 1.54) is 11.3 Å². The molecule has 0 saturated carbocycles. The third-order valence-electron chi connectivity index (χ3n) is 1.39. The summed E-state index contributed by atoms with van der Waals surface area (Å²) in [4.78, 5) is 11.2. The lowest BCUT2D eigenvalue weighted by atomic mass is 10.3. The quantitative estimate of drug-likeness (QED) is 0.768. The fourth-order valence-electron chi connectivity index (χ4n) is 0.739. The van der Waals surface area contributed by atoms with Gasteiger partial charge in [-0.1, -0.05) is 0 Å². The standard InChI is InChI=1S/C8H10FNOS/c1-6(4-9)10-8(11)7-2-3-12-5-7/h2-3,5-6H,4H2,1H3,(H,10,11). The van der Waals surface area contributed by atoms with Crippen LogP contribution >= 0.6 is 11.3 Å². The summed E-state index contributed by atoms with van der Waals surface area (Å²) in [5.74, 6) is -0.207. The van der Waals surface area contributed by atoms with Gasteiger partial charge in [0.25, 0.3) is 5.91 Å². The minimum atomic E-state index is -0.532. The molecule has 1 heterocycles. The van der Waals surface area contributed by atoms with E-state index in [4.69, 9.17) is 0 Å². The van der Waals surface area contributed by atoms with Gasteiger partial charge in [-0.25, -0.2) is 4.39 Å². The Balaban J connectivity index is 2.50. The predicted molar refractivity (Wildman–Crippen MR) is 47.2 cm³/mol. The van der Waals surface area contributed by atoms with Crippen molar-refractivity contribution in [3.8, 4) is 0 Å². The molecular formula is C8H10FNOS. The summed E-state index contributed by atoms with van der Waals surface area (Å²) in [7, 11) is 0. The molecule has 1 unspecified atom stereocenters. The highest BCUT2D eigenvalue weighted by Gasteiger charge is 2.08. The summed E-state index contributed by atoms with van der Waals surface area (Å²) in [6.07, 6.45) is 0. The lowest BCUT2D eigenvalue weighted by Gasteiger charge is -2.07. The van der Waals surface area contributed by atoms with Crippen LogP contribution in [0, 0.1) is 0 Å². The van der Waals surface area contributed by atoms with Gasteiger partial charge in [0.05, 0.1) is 6.04 Å². The maximum atomic E-state index is 12.0. The molecule has 0 spiro atoms. The van der Waals surface area contributed by atoms with Crippen LogP contribution in [0.4, 0.5) is 4.39 Å². The highest BCUT2D eigenvalue weighted by Crippen LogP contribution is 2.05.